The Hall–Kier alpha value is -8.16. The maximum atomic E-state index is 15.9. The van der Waals surface area contributed by atoms with Gasteiger partial charge in [0, 0.05) is 63.4 Å². The van der Waals surface area contributed by atoms with Gasteiger partial charge in [0.25, 0.3) is 0 Å². The van der Waals surface area contributed by atoms with Gasteiger partial charge in [0.05, 0.1) is 70.4 Å². The first kappa shape index (κ1) is 68.7. The topological polar surface area (TPSA) is 247 Å². The molecule has 3 unspecified atom stereocenters. The molecule has 3 saturated heterocycles. The summed E-state index contributed by atoms with van der Waals surface area (Å²) in [6.45, 7) is -0.127. The number of fused-ring (bicyclic) bond motifs is 1. The van der Waals surface area contributed by atoms with Gasteiger partial charge in [0.1, 0.15) is 29.1 Å². The minimum absolute atomic E-state index is 0.000366. The molecule has 7 aromatic rings. The second-order valence-electron chi connectivity index (χ2n) is 22.4. The summed E-state index contributed by atoms with van der Waals surface area (Å²) < 4.78 is 127. The van der Waals surface area contributed by atoms with Gasteiger partial charge in [-0.1, -0.05) is 132 Å². The van der Waals surface area contributed by atoms with E-state index in [-0.39, 0.29) is 135 Å². The van der Waals surface area contributed by atoms with Crippen LogP contribution >= 0.6 is 34.8 Å². The lowest BCUT2D eigenvalue weighted by Crippen LogP contribution is -2.42. The Labute approximate surface area is 548 Å². The maximum Gasteiger partial charge on any atom is 0.304 e. The second kappa shape index (κ2) is 30.9. The van der Waals surface area contributed by atoms with Crippen molar-refractivity contribution in [3.8, 4) is 17.2 Å². The minimum Gasteiger partial charge on any atom is -0.508 e. The van der Waals surface area contributed by atoms with Gasteiger partial charge in [-0.05, 0) is 74.6 Å². The van der Waals surface area contributed by atoms with Gasteiger partial charge in [0.2, 0.25) is 17.5 Å². The highest BCUT2D eigenvalue weighted by Crippen LogP contribution is 2.51. The van der Waals surface area contributed by atoms with Crippen LogP contribution in [0.15, 0.2) is 155 Å². The predicted molar refractivity (Wildman–Crippen MR) is 330 cm³/mol. The molecule has 1 aromatic heterocycles. The van der Waals surface area contributed by atoms with E-state index < -0.39 is 132 Å². The lowest BCUT2D eigenvalue weighted by atomic mass is 9.86. The third kappa shape index (κ3) is 15.6. The van der Waals surface area contributed by atoms with Crippen molar-refractivity contribution in [1.82, 2.24) is 0 Å². The summed E-state index contributed by atoms with van der Waals surface area (Å²) in [5.41, 5.74) is -0.811. The predicted octanol–water partition coefficient (Wildman–Crippen LogP) is 16.3. The van der Waals surface area contributed by atoms with Crippen molar-refractivity contribution in [3.05, 3.63) is 239 Å². The van der Waals surface area contributed by atoms with E-state index in [4.69, 9.17) is 72.4 Å². The summed E-state index contributed by atoms with van der Waals surface area (Å²) in [6, 6.07) is 26.0. The number of para-hydroxylation sites is 3. The van der Waals surface area contributed by atoms with Crippen LogP contribution < -0.4 is 10.2 Å². The van der Waals surface area contributed by atoms with Crippen molar-refractivity contribution in [2.75, 3.05) is 13.2 Å². The number of hydrogen-bond donors (Lipinski definition) is 5. The van der Waals surface area contributed by atoms with Crippen LogP contribution in [0.25, 0.3) is 11.0 Å². The number of carboxylic acid groups (broad SMARTS) is 3. The van der Waals surface area contributed by atoms with E-state index in [9.17, 15) is 49.1 Å². The summed E-state index contributed by atoms with van der Waals surface area (Å²) in [4.78, 5) is 49.4. The van der Waals surface area contributed by atoms with Crippen LogP contribution in [0.2, 0.25) is 15.1 Å². The van der Waals surface area contributed by atoms with Gasteiger partial charge in [-0.2, -0.15) is 0 Å². The van der Waals surface area contributed by atoms with Crippen molar-refractivity contribution in [3.63, 3.8) is 0 Å². The maximum absolute atomic E-state index is 15.9. The molecule has 5 N–H and O–H groups in total. The van der Waals surface area contributed by atoms with Crippen molar-refractivity contribution in [2.24, 2.45) is 17.8 Å². The number of allylic oxidation sites excluding steroid dienone is 6. The molecule has 25 heteroatoms. The fourth-order valence-corrected chi connectivity index (χ4v) is 12.4. The number of phenolic OH excluding ortho intramolecular Hbond substituents is 2. The molecular formula is C69H60Cl3F5O17. The SMILES string of the molecule is O=C(O)CC/C=C\C[C@@H]1COC(c2coc3ccc(Cl)cc3c2=O)O[C@@H]1c1cccc(C(/C=C\C[C@@H]2CO[C@H](c3c(Cl)cccc3Cl)O[C@@H]2c2ccccc2OC2O[C@H](c3c(F)c(F)c(F)c(F)c3F)O[C@H](c3ccccc3O)[C@@H]2C/C=C\CCC(=O)O)CC(=O)O)c1O. The van der Waals surface area contributed by atoms with Crippen LogP contribution in [0.3, 0.4) is 0 Å². The molecule has 6 aromatic carbocycles. The summed E-state index contributed by atoms with van der Waals surface area (Å²) in [5, 5.41) is 53.5. The van der Waals surface area contributed by atoms with Crippen LogP contribution in [-0.4, -0.2) is 62.9 Å². The first-order chi connectivity index (χ1) is 45.2. The molecule has 94 heavy (non-hydrogen) atoms. The van der Waals surface area contributed by atoms with Gasteiger partial charge in [-0.3, -0.25) is 19.2 Å². The minimum atomic E-state index is -2.44. The molecule has 0 amide bonds. The number of ether oxygens (including phenoxy) is 7. The summed E-state index contributed by atoms with van der Waals surface area (Å²) >= 11 is 19.7. The highest BCUT2D eigenvalue weighted by atomic mass is 35.5. The van der Waals surface area contributed by atoms with Crippen molar-refractivity contribution in [2.45, 2.75) is 101 Å². The van der Waals surface area contributed by atoms with Crippen LogP contribution in [0.5, 0.6) is 17.2 Å². The molecule has 4 heterocycles. The average molecular weight is 1360 g/mol. The number of hydrogen-bond acceptors (Lipinski definition) is 14. The molecule has 0 aliphatic carbocycles. The Bertz CT molecular complexity index is 4040. The van der Waals surface area contributed by atoms with Crippen LogP contribution in [-0.2, 0) is 42.8 Å². The molecular weight excluding hydrogens is 1300 g/mol. The number of rotatable bonds is 24. The Balaban J connectivity index is 1.00. The molecule has 3 aliphatic rings. The van der Waals surface area contributed by atoms with Gasteiger partial charge in [-0.15, -0.1) is 0 Å². The van der Waals surface area contributed by atoms with Crippen molar-refractivity contribution < 1.29 is 99.4 Å². The first-order valence-electron chi connectivity index (χ1n) is 29.7. The first-order valence-corrected chi connectivity index (χ1v) is 30.8. The van der Waals surface area contributed by atoms with Crippen LogP contribution in [0, 0.1) is 46.8 Å². The molecule has 0 radical (unpaired) electrons. The van der Waals surface area contributed by atoms with E-state index in [1.54, 1.807) is 97.1 Å². The Morgan fingerprint density at radius 1 is 0.574 bits per heavy atom. The molecule has 3 fully saturated rings. The van der Waals surface area contributed by atoms with Crippen molar-refractivity contribution >= 4 is 63.7 Å². The summed E-state index contributed by atoms with van der Waals surface area (Å²) in [7, 11) is 0. The van der Waals surface area contributed by atoms with E-state index in [1.165, 1.54) is 48.7 Å². The smallest absolute Gasteiger partial charge is 0.304 e. The third-order valence-electron chi connectivity index (χ3n) is 16.3. The number of phenols is 2. The molecule has 11 atom stereocenters. The highest BCUT2D eigenvalue weighted by Gasteiger charge is 2.47. The lowest BCUT2D eigenvalue weighted by Gasteiger charge is -2.43. The monoisotopic (exact) mass is 1360 g/mol. The number of aliphatic carboxylic acids is 3. The number of benzene rings is 6. The van der Waals surface area contributed by atoms with E-state index in [0.29, 0.717) is 0 Å². The third-order valence-corrected chi connectivity index (χ3v) is 17.2. The zero-order chi connectivity index (χ0) is 66.9. The standard InChI is InChI=1S/C69H60Cl3F5O17/c70-38-28-29-49-44(31-38)62(86)45(34-87-49)66-88-32-36(14-3-1-5-26-51(79)80)64(91-66)42-21-12-20-39(61(42)85)35(30-53(83)84)15-11-16-37-33-89-68(54-46(71)22-13-23-47(54)72)92-63(37)41-18-8-10-25-50(41)90-67-43(19-4-2-6-27-52(81)82)65(40-17-7-9-24-48(40)78)93-69(94-67)55-56(73)58(75)60(77)59(76)57(55)74/h1-4,7-13,15,17-18,20-25,28-29,31,34-37,43,63-69,78,85H,5-6,14,16,19,26-27,30,32-33H2,(H,79,80)(H,81,82)(H,83,84)/b3-1-,4-2-,15-11-/t35?,36-,37-,43+,63+,64+,65-,66?,67?,68+,69-/m1/s1. The second-order valence-corrected chi connectivity index (χ2v) is 23.7. The van der Waals surface area contributed by atoms with Crippen LogP contribution in [0.4, 0.5) is 22.0 Å². The van der Waals surface area contributed by atoms with Gasteiger partial charge in [-0.25, -0.2) is 22.0 Å². The highest BCUT2D eigenvalue weighted by molar-refractivity contribution is 6.36. The largest absolute Gasteiger partial charge is 0.508 e. The van der Waals surface area contributed by atoms with Gasteiger partial charge < -0.3 is 63.1 Å². The Morgan fingerprint density at radius 3 is 1.82 bits per heavy atom. The zero-order valence-electron chi connectivity index (χ0n) is 49.4. The van der Waals surface area contributed by atoms with E-state index >= 15 is 17.6 Å². The number of halogens is 8. The molecule has 0 saturated carbocycles. The fourth-order valence-electron chi connectivity index (χ4n) is 11.6. The molecule has 17 nitrogen and oxygen atoms in total. The van der Waals surface area contributed by atoms with Gasteiger partial charge in [0.15, 0.2) is 42.1 Å². The Kier molecular flexibility index (Phi) is 22.6. The Morgan fingerprint density at radius 2 is 1.15 bits per heavy atom. The molecule has 10 rings (SSSR count). The van der Waals surface area contributed by atoms with Crippen molar-refractivity contribution in [1.29, 1.82) is 0 Å². The average Bonchev–Trinajstić information content (AvgIpc) is 0.774. The number of carbonyl (C=O) groups is 3. The zero-order valence-corrected chi connectivity index (χ0v) is 51.7. The fraction of sp³-hybridized carbons (Fsp3) is 0.304. The lowest BCUT2D eigenvalue weighted by molar-refractivity contribution is -0.321. The molecule has 3 aliphatic heterocycles. The number of aromatic hydroxyl groups is 2. The molecule has 0 spiro atoms. The normalized spacial score (nSPS) is 22.9. The van der Waals surface area contributed by atoms with E-state index in [0.717, 1.165) is 0 Å². The molecule has 494 valence electrons. The van der Waals surface area contributed by atoms with E-state index in [2.05, 4.69) is 0 Å². The quantitative estimate of drug-likeness (QED) is 0.0163. The number of carboxylic acids is 3. The molecule has 0 bridgehead atoms. The van der Waals surface area contributed by atoms with Crippen LogP contribution in [0.1, 0.15) is 133 Å². The van der Waals surface area contributed by atoms with E-state index in [1.807, 2.05) is 0 Å². The van der Waals surface area contributed by atoms with Gasteiger partial charge >= 0.3 is 17.9 Å². The summed E-state index contributed by atoms with van der Waals surface area (Å²) in [5.74, 6) is -19.0. The summed E-state index contributed by atoms with van der Waals surface area (Å²) in [6.07, 6.45) is 0.309.